The third-order valence-corrected chi connectivity index (χ3v) is 7.82. The molecule has 0 radical (unpaired) electrons. The highest BCUT2D eigenvalue weighted by molar-refractivity contribution is 5.98. The van der Waals surface area contributed by atoms with E-state index in [1.54, 1.807) is 9.80 Å². The first-order valence-corrected chi connectivity index (χ1v) is 14.0. The number of amides is 2. The van der Waals surface area contributed by atoms with Crippen LogP contribution in [-0.2, 0) is 22.5 Å². The first kappa shape index (κ1) is 27.0. The fraction of sp³-hybridized carbons (Fsp3) is 0.469. The van der Waals surface area contributed by atoms with Gasteiger partial charge in [0.25, 0.3) is 0 Å². The lowest BCUT2D eigenvalue weighted by molar-refractivity contribution is 0.0183. The number of piperidine rings is 1. The van der Waals surface area contributed by atoms with Crippen molar-refractivity contribution < 1.29 is 23.9 Å². The average molecular weight is 531 g/mol. The monoisotopic (exact) mass is 530 g/mol. The summed E-state index contributed by atoms with van der Waals surface area (Å²) < 4.78 is 11.1. The van der Waals surface area contributed by atoms with Gasteiger partial charge in [0.05, 0.1) is 0 Å². The van der Waals surface area contributed by atoms with Crippen LogP contribution in [0.25, 0.3) is 5.57 Å². The van der Waals surface area contributed by atoms with Crippen LogP contribution in [0.1, 0.15) is 73.5 Å². The van der Waals surface area contributed by atoms with E-state index >= 15 is 0 Å². The Bertz CT molecular complexity index is 1270. The summed E-state index contributed by atoms with van der Waals surface area (Å²) in [5.41, 5.74) is 6.01. The second kappa shape index (κ2) is 11.2. The first-order valence-electron chi connectivity index (χ1n) is 14.0. The summed E-state index contributed by atoms with van der Waals surface area (Å²) in [7, 11) is 0. The molecule has 2 aliphatic heterocycles. The number of carbonyl (C=O) groups excluding carboxylic acids is 3. The van der Waals surface area contributed by atoms with Gasteiger partial charge in [-0.05, 0) is 80.7 Å². The van der Waals surface area contributed by atoms with Crippen LogP contribution in [0.2, 0.25) is 0 Å². The van der Waals surface area contributed by atoms with E-state index < -0.39 is 5.60 Å². The summed E-state index contributed by atoms with van der Waals surface area (Å²) in [6, 6.07) is 15.7. The van der Waals surface area contributed by atoms with Crippen LogP contribution in [0.3, 0.4) is 0 Å². The molecule has 2 aromatic rings. The van der Waals surface area contributed by atoms with Crippen LogP contribution in [-0.4, -0.2) is 59.5 Å². The minimum atomic E-state index is -0.509. The molecule has 0 atom stereocenters. The number of hydrogen-bond donors (Lipinski definition) is 0. The van der Waals surface area contributed by atoms with Crippen LogP contribution in [0.5, 0.6) is 0 Å². The molecule has 7 heteroatoms. The van der Waals surface area contributed by atoms with Gasteiger partial charge in [-0.1, -0.05) is 48.0 Å². The number of likely N-dealkylation sites (tertiary alicyclic amines) is 1. The number of rotatable bonds is 5. The molecule has 0 unspecified atom stereocenters. The van der Waals surface area contributed by atoms with Crippen molar-refractivity contribution in [1.29, 1.82) is 0 Å². The highest BCUT2D eigenvalue weighted by Crippen LogP contribution is 2.38. The van der Waals surface area contributed by atoms with Crippen molar-refractivity contribution in [2.24, 2.45) is 5.92 Å². The van der Waals surface area contributed by atoms with Crippen LogP contribution in [0.15, 0.2) is 54.1 Å². The summed E-state index contributed by atoms with van der Waals surface area (Å²) in [4.78, 5) is 41.9. The molecule has 206 valence electrons. The smallest absolute Gasteiger partial charge is 0.410 e. The quantitative estimate of drug-likeness (QED) is 0.427. The van der Waals surface area contributed by atoms with Crippen LogP contribution in [0, 0.1) is 5.92 Å². The number of fused-ring (bicyclic) bond motifs is 2. The summed E-state index contributed by atoms with van der Waals surface area (Å²) in [6.45, 7) is 8.25. The third kappa shape index (κ3) is 6.52. The van der Waals surface area contributed by atoms with E-state index in [1.807, 2.05) is 63.2 Å². The van der Waals surface area contributed by atoms with E-state index in [0.717, 1.165) is 47.9 Å². The number of ether oxygens (including phenoxy) is 2. The summed E-state index contributed by atoms with van der Waals surface area (Å²) in [5.74, 6) is 0.390. The van der Waals surface area contributed by atoms with Crippen molar-refractivity contribution in [3.63, 3.8) is 0 Å². The zero-order valence-electron chi connectivity index (χ0n) is 23.2. The van der Waals surface area contributed by atoms with Crippen molar-refractivity contribution in [2.45, 2.75) is 65.1 Å². The summed E-state index contributed by atoms with van der Waals surface area (Å²) >= 11 is 0. The predicted molar refractivity (Wildman–Crippen MR) is 149 cm³/mol. The number of carbonyl (C=O) groups is 3. The van der Waals surface area contributed by atoms with Crippen LogP contribution in [0.4, 0.5) is 9.59 Å². The van der Waals surface area contributed by atoms with Crippen LogP contribution >= 0.6 is 0 Å². The average Bonchev–Trinajstić information content (AvgIpc) is 3.29. The normalized spacial score (nSPS) is 17.5. The van der Waals surface area contributed by atoms with Gasteiger partial charge >= 0.3 is 12.2 Å². The molecule has 2 heterocycles. The molecule has 0 N–H and O–H groups in total. The van der Waals surface area contributed by atoms with Gasteiger partial charge in [-0.3, -0.25) is 4.79 Å². The fourth-order valence-electron chi connectivity index (χ4n) is 5.68. The Kier molecular flexibility index (Phi) is 7.78. The molecule has 1 aliphatic carbocycles. The number of ketones is 1. The summed E-state index contributed by atoms with van der Waals surface area (Å²) in [6.07, 6.45) is 3.20. The molecule has 2 amide bonds. The van der Waals surface area contributed by atoms with E-state index in [4.69, 9.17) is 9.47 Å². The summed E-state index contributed by atoms with van der Waals surface area (Å²) in [5, 5.41) is 0. The topological polar surface area (TPSA) is 76.2 Å². The van der Waals surface area contributed by atoms with Crippen LogP contribution < -0.4 is 0 Å². The Balaban J connectivity index is 1.17. The first-order chi connectivity index (χ1) is 18.7. The standard InChI is InChI=1S/C32H38N2O5/c1-32(2,3)39-31(37)33-14-11-22(12-15-33)17-29(35)26-10-9-24-18-25-13-16-34(20-28(25)27(24)19-26)30(36)38-21-23-7-5-4-6-8-23/h4-10,19,22H,11-18,20-21H2,1-3H3. The Labute approximate surface area is 230 Å². The Morgan fingerprint density at radius 2 is 1.67 bits per heavy atom. The lowest BCUT2D eigenvalue weighted by Gasteiger charge is -2.33. The zero-order chi connectivity index (χ0) is 27.6. The Morgan fingerprint density at radius 3 is 2.38 bits per heavy atom. The highest BCUT2D eigenvalue weighted by atomic mass is 16.6. The molecule has 0 aromatic heterocycles. The zero-order valence-corrected chi connectivity index (χ0v) is 23.2. The number of Topliss-reactive ketones (excluding diaryl/α,β-unsaturated/α-hetero) is 1. The second-order valence-corrected chi connectivity index (χ2v) is 11.9. The van der Waals surface area contributed by atoms with E-state index in [1.165, 1.54) is 11.1 Å². The van der Waals surface area contributed by atoms with Gasteiger partial charge in [-0.25, -0.2) is 9.59 Å². The van der Waals surface area contributed by atoms with E-state index in [0.29, 0.717) is 32.6 Å². The molecule has 0 saturated carbocycles. The number of benzene rings is 2. The molecule has 1 fully saturated rings. The fourth-order valence-corrected chi connectivity index (χ4v) is 5.68. The number of hydrogen-bond acceptors (Lipinski definition) is 5. The van der Waals surface area contributed by atoms with Gasteiger partial charge in [-0.15, -0.1) is 0 Å². The molecular formula is C32H38N2O5. The van der Waals surface area contributed by atoms with Gasteiger partial charge in [-0.2, -0.15) is 0 Å². The maximum Gasteiger partial charge on any atom is 0.410 e. The van der Waals surface area contributed by atoms with Gasteiger partial charge in [0.1, 0.15) is 12.2 Å². The SMILES string of the molecule is CC(C)(C)OC(=O)N1CCC(CC(=O)c2ccc3c(c2)C2=C(CCN(C(=O)OCc4ccccc4)C2)C3)CC1. The number of nitrogens with zero attached hydrogens (tertiary/aromatic N) is 2. The third-order valence-electron chi connectivity index (χ3n) is 7.82. The minimum Gasteiger partial charge on any atom is -0.445 e. The van der Waals surface area contributed by atoms with Gasteiger partial charge < -0.3 is 19.3 Å². The van der Waals surface area contributed by atoms with Crippen molar-refractivity contribution >= 4 is 23.5 Å². The van der Waals surface area contributed by atoms with Crippen molar-refractivity contribution in [3.05, 3.63) is 76.4 Å². The van der Waals surface area contributed by atoms with E-state index in [9.17, 15) is 14.4 Å². The Morgan fingerprint density at radius 1 is 0.923 bits per heavy atom. The maximum atomic E-state index is 13.3. The molecule has 39 heavy (non-hydrogen) atoms. The molecule has 2 aromatic carbocycles. The molecular weight excluding hydrogens is 492 g/mol. The second-order valence-electron chi connectivity index (χ2n) is 11.9. The highest BCUT2D eigenvalue weighted by Gasteiger charge is 2.31. The van der Waals surface area contributed by atoms with Crippen molar-refractivity contribution in [3.8, 4) is 0 Å². The van der Waals surface area contributed by atoms with Crippen molar-refractivity contribution in [2.75, 3.05) is 26.2 Å². The van der Waals surface area contributed by atoms with Gasteiger partial charge in [0.2, 0.25) is 0 Å². The lowest BCUT2D eigenvalue weighted by atomic mass is 9.89. The lowest BCUT2D eigenvalue weighted by Crippen LogP contribution is -2.42. The van der Waals surface area contributed by atoms with Crippen molar-refractivity contribution in [1.82, 2.24) is 9.80 Å². The molecule has 0 bridgehead atoms. The van der Waals surface area contributed by atoms with Gasteiger partial charge in [0.15, 0.2) is 5.78 Å². The molecule has 0 spiro atoms. The molecule has 1 saturated heterocycles. The minimum absolute atomic E-state index is 0.137. The Hall–Kier alpha value is -3.61. The van der Waals surface area contributed by atoms with E-state index in [-0.39, 0.29) is 30.5 Å². The molecule has 7 nitrogen and oxygen atoms in total. The van der Waals surface area contributed by atoms with Gasteiger partial charge in [0, 0.05) is 38.2 Å². The molecule has 3 aliphatic rings. The largest absolute Gasteiger partial charge is 0.445 e. The maximum absolute atomic E-state index is 13.3. The van der Waals surface area contributed by atoms with E-state index in [2.05, 4.69) is 6.07 Å². The predicted octanol–water partition coefficient (Wildman–Crippen LogP) is 6.26. The molecule has 5 rings (SSSR count).